The van der Waals surface area contributed by atoms with E-state index >= 15 is 0 Å². The van der Waals surface area contributed by atoms with Crippen molar-refractivity contribution >= 4 is 39.0 Å². The minimum Gasteiger partial charge on any atom is -0.469 e. The topological polar surface area (TPSA) is 64.1 Å². The van der Waals surface area contributed by atoms with Crippen LogP contribution in [0, 0.1) is 0 Å². The molecule has 0 radical (unpaired) electrons. The third-order valence-corrected chi connectivity index (χ3v) is 3.79. The smallest absolute Gasteiger partial charge is 0.311 e. The van der Waals surface area contributed by atoms with E-state index in [1.165, 1.54) is 18.4 Å². The molecule has 2 heterocycles. The molecule has 0 spiro atoms. The van der Waals surface area contributed by atoms with Crippen LogP contribution in [0.25, 0.3) is 10.9 Å². The van der Waals surface area contributed by atoms with E-state index in [1.54, 1.807) is 6.20 Å². The summed E-state index contributed by atoms with van der Waals surface area (Å²) >= 11 is 1.45. The number of hydrogen-bond donors (Lipinski definition) is 1. The fourth-order valence-corrected chi connectivity index (χ4v) is 2.71. The summed E-state index contributed by atoms with van der Waals surface area (Å²) in [4.78, 5) is 20.0. The molecule has 1 N–H and O–H groups in total. The number of nitrogens with zero attached hydrogens (tertiary/aromatic N) is 2. The predicted molar refractivity (Wildman–Crippen MR) is 82.9 cm³/mol. The van der Waals surface area contributed by atoms with Crippen molar-refractivity contribution in [2.45, 2.75) is 6.42 Å². The van der Waals surface area contributed by atoms with Crippen molar-refractivity contribution in [1.82, 2.24) is 9.97 Å². The fourth-order valence-electron chi connectivity index (χ4n) is 1.99. The van der Waals surface area contributed by atoms with Gasteiger partial charge in [0.05, 0.1) is 30.4 Å². The van der Waals surface area contributed by atoms with Gasteiger partial charge in [0.25, 0.3) is 0 Å². The maximum Gasteiger partial charge on any atom is 0.311 e. The van der Waals surface area contributed by atoms with Crippen LogP contribution in [0.15, 0.2) is 41.9 Å². The quantitative estimate of drug-likeness (QED) is 0.750. The van der Waals surface area contributed by atoms with Crippen molar-refractivity contribution in [2.24, 2.45) is 0 Å². The lowest BCUT2D eigenvalue weighted by Crippen LogP contribution is -2.04. The van der Waals surface area contributed by atoms with Crippen LogP contribution in [-0.2, 0) is 16.0 Å². The average molecular weight is 299 g/mol. The maximum absolute atomic E-state index is 11.2. The molecule has 0 aliphatic carbocycles. The number of carbonyl (C=O) groups excluding carboxylic acids is 1. The molecule has 3 aromatic rings. The molecule has 0 aliphatic rings. The van der Waals surface area contributed by atoms with E-state index in [0.29, 0.717) is 5.69 Å². The molecule has 5 nitrogen and oxygen atoms in total. The average Bonchev–Trinajstić information content (AvgIpc) is 2.94. The van der Waals surface area contributed by atoms with Gasteiger partial charge in [-0.3, -0.25) is 9.78 Å². The zero-order valence-corrected chi connectivity index (χ0v) is 12.2. The maximum atomic E-state index is 11.2. The Hall–Kier alpha value is -2.47. The van der Waals surface area contributed by atoms with Gasteiger partial charge in [-0.05, 0) is 12.1 Å². The Balaban J connectivity index is 1.84. The summed E-state index contributed by atoms with van der Waals surface area (Å²) < 4.78 is 4.63. The van der Waals surface area contributed by atoms with E-state index in [2.05, 4.69) is 20.0 Å². The molecule has 0 saturated heterocycles. The molecule has 21 heavy (non-hydrogen) atoms. The van der Waals surface area contributed by atoms with Gasteiger partial charge in [0.15, 0.2) is 5.13 Å². The monoisotopic (exact) mass is 299 g/mol. The van der Waals surface area contributed by atoms with E-state index in [-0.39, 0.29) is 12.4 Å². The van der Waals surface area contributed by atoms with Crippen LogP contribution in [0.4, 0.5) is 10.8 Å². The minimum absolute atomic E-state index is 0.183. The van der Waals surface area contributed by atoms with E-state index in [9.17, 15) is 4.79 Å². The van der Waals surface area contributed by atoms with E-state index < -0.39 is 0 Å². The molecule has 0 bridgehead atoms. The third kappa shape index (κ3) is 3.00. The second-order valence-corrected chi connectivity index (χ2v) is 5.26. The number of para-hydroxylation sites is 1. The molecule has 3 rings (SSSR count). The normalized spacial score (nSPS) is 10.5. The first-order valence-corrected chi connectivity index (χ1v) is 7.26. The summed E-state index contributed by atoms with van der Waals surface area (Å²) in [6, 6.07) is 9.85. The molecule has 0 unspecified atom stereocenters. The summed E-state index contributed by atoms with van der Waals surface area (Å²) in [7, 11) is 1.37. The molecule has 106 valence electrons. The van der Waals surface area contributed by atoms with Crippen LogP contribution in [0.3, 0.4) is 0 Å². The second-order valence-electron chi connectivity index (χ2n) is 4.40. The van der Waals surface area contributed by atoms with Crippen LogP contribution in [0.1, 0.15) is 5.69 Å². The molecule has 0 atom stereocenters. The Morgan fingerprint density at radius 3 is 3.05 bits per heavy atom. The molecule has 2 aromatic heterocycles. The van der Waals surface area contributed by atoms with Gasteiger partial charge >= 0.3 is 5.97 Å². The number of aromatic nitrogens is 2. The van der Waals surface area contributed by atoms with Crippen molar-refractivity contribution < 1.29 is 9.53 Å². The van der Waals surface area contributed by atoms with Gasteiger partial charge in [0, 0.05) is 17.0 Å². The zero-order valence-electron chi connectivity index (χ0n) is 11.4. The number of hydrogen-bond acceptors (Lipinski definition) is 6. The molecular weight excluding hydrogens is 286 g/mol. The van der Waals surface area contributed by atoms with Crippen LogP contribution < -0.4 is 5.32 Å². The lowest BCUT2D eigenvalue weighted by molar-refractivity contribution is -0.139. The number of benzene rings is 1. The number of pyridine rings is 1. The van der Waals surface area contributed by atoms with Gasteiger partial charge in [0.2, 0.25) is 0 Å². The summed E-state index contributed by atoms with van der Waals surface area (Å²) in [6.45, 7) is 0. The molecule has 6 heteroatoms. The Bertz CT molecular complexity index is 780. The summed E-state index contributed by atoms with van der Waals surface area (Å²) in [5.41, 5.74) is 2.49. The van der Waals surface area contributed by atoms with Crippen molar-refractivity contribution in [1.29, 1.82) is 0 Å². The number of methoxy groups -OCH3 is 1. The second kappa shape index (κ2) is 5.88. The molecule has 0 saturated carbocycles. The van der Waals surface area contributed by atoms with E-state index in [0.717, 1.165) is 21.7 Å². The van der Waals surface area contributed by atoms with Gasteiger partial charge in [-0.25, -0.2) is 4.98 Å². The number of esters is 1. The summed E-state index contributed by atoms with van der Waals surface area (Å²) in [5, 5.41) is 6.89. The van der Waals surface area contributed by atoms with Crippen molar-refractivity contribution in [3.05, 3.63) is 47.6 Å². The van der Waals surface area contributed by atoms with Crippen molar-refractivity contribution in [2.75, 3.05) is 12.4 Å². The first-order valence-electron chi connectivity index (χ1n) is 6.38. The largest absolute Gasteiger partial charge is 0.469 e. The summed E-state index contributed by atoms with van der Waals surface area (Å²) in [6.07, 6.45) is 1.94. The highest BCUT2D eigenvalue weighted by molar-refractivity contribution is 7.13. The first kappa shape index (κ1) is 13.5. The van der Waals surface area contributed by atoms with Gasteiger partial charge < -0.3 is 10.1 Å². The van der Waals surface area contributed by atoms with Gasteiger partial charge in [0.1, 0.15) is 0 Å². The molecule has 0 amide bonds. The number of thiazole rings is 1. The number of anilines is 2. The van der Waals surface area contributed by atoms with E-state index in [4.69, 9.17) is 0 Å². The Labute approximate surface area is 125 Å². The van der Waals surface area contributed by atoms with Crippen LogP contribution in [-0.4, -0.2) is 23.0 Å². The standard InChI is InChI=1S/C15H13N3O2S/c1-20-13(19)8-11-9-21-15(17-11)18-12-6-2-4-10-5-3-7-16-14(10)12/h2-7,9H,8H2,1H3,(H,17,18). The van der Waals surface area contributed by atoms with Crippen molar-refractivity contribution in [3.63, 3.8) is 0 Å². The van der Waals surface area contributed by atoms with Crippen LogP contribution >= 0.6 is 11.3 Å². The van der Waals surface area contributed by atoms with Crippen LogP contribution in [0.2, 0.25) is 0 Å². The van der Waals surface area contributed by atoms with Gasteiger partial charge in [-0.1, -0.05) is 18.2 Å². The van der Waals surface area contributed by atoms with Gasteiger partial charge in [-0.15, -0.1) is 11.3 Å². The Kier molecular flexibility index (Phi) is 3.79. The first-order chi connectivity index (χ1) is 10.3. The minimum atomic E-state index is -0.293. The number of carbonyl (C=O) groups is 1. The SMILES string of the molecule is COC(=O)Cc1csc(Nc2cccc3cccnc23)n1. The van der Waals surface area contributed by atoms with Gasteiger partial charge in [-0.2, -0.15) is 0 Å². The number of rotatable bonds is 4. The Morgan fingerprint density at radius 2 is 2.19 bits per heavy atom. The zero-order chi connectivity index (χ0) is 14.7. The third-order valence-electron chi connectivity index (χ3n) is 2.98. The van der Waals surface area contributed by atoms with Crippen molar-refractivity contribution in [3.8, 4) is 0 Å². The predicted octanol–water partition coefficient (Wildman–Crippen LogP) is 3.15. The fraction of sp³-hybridized carbons (Fsp3) is 0.133. The highest BCUT2D eigenvalue weighted by Crippen LogP contribution is 2.26. The molecule has 0 aliphatic heterocycles. The Morgan fingerprint density at radius 1 is 1.33 bits per heavy atom. The molecular formula is C15H13N3O2S. The molecule has 1 aromatic carbocycles. The van der Waals surface area contributed by atoms with E-state index in [1.807, 2.05) is 35.7 Å². The highest BCUT2D eigenvalue weighted by atomic mass is 32.1. The lowest BCUT2D eigenvalue weighted by atomic mass is 10.2. The van der Waals surface area contributed by atoms with Crippen LogP contribution in [0.5, 0.6) is 0 Å². The number of nitrogens with one attached hydrogen (secondary N) is 1. The summed E-state index contributed by atoms with van der Waals surface area (Å²) in [5.74, 6) is -0.293. The molecule has 0 fully saturated rings. The highest BCUT2D eigenvalue weighted by Gasteiger charge is 2.09. The number of ether oxygens (including phenoxy) is 1. The lowest BCUT2D eigenvalue weighted by Gasteiger charge is -2.05. The number of fused-ring (bicyclic) bond motifs is 1.